The topological polar surface area (TPSA) is 38.8 Å². The minimum atomic E-state index is -0.202. The molecule has 1 heterocycles. The van der Waals surface area contributed by atoms with Gasteiger partial charge < -0.3 is 9.47 Å². The van der Waals surface area contributed by atoms with Gasteiger partial charge in [0.1, 0.15) is 6.61 Å². The average Bonchev–Trinajstić information content (AvgIpc) is 3.08. The van der Waals surface area contributed by atoms with E-state index in [1.54, 1.807) is 24.3 Å². The van der Waals surface area contributed by atoms with E-state index in [9.17, 15) is 4.79 Å². The summed E-state index contributed by atoms with van der Waals surface area (Å²) in [5.74, 6) is 1.00. The van der Waals surface area contributed by atoms with E-state index < -0.39 is 0 Å². The first-order chi connectivity index (χ1) is 16.4. The Balaban J connectivity index is 1.61. The minimum absolute atomic E-state index is 0.202. The van der Waals surface area contributed by atoms with E-state index >= 15 is 0 Å². The second-order valence-electron chi connectivity index (χ2n) is 7.15. The lowest BCUT2D eigenvalue weighted by atomic mass is 10.1. The van der Waals surface area contributed by atoms with Crippen molar-refractivity contribution in [2.45, 2.75) is 13.5 Å². The van der Waals surface area contributed by atoms with Crippen molar-refractivity contribution in [1.82, 2.24) is 0 Å². The van der Waals surface area contributed by atoms with E-state index in [2.05, 4.69) is 31.9 Å². The summed E-state index contributed by atoms with van der Waals surface area (Å²) in [6.07, 6.45) is 1.80. The summed E-state index contributed by atoms with van der Waals surface area (Å²) in [7, 11) is 0. The van der Waals surface area contributed by atoms with E-state index in [0.29, 0.717) is 44.6 Å². The molecule has 174 valence electrons. The van der Waals surface area contributed by atoms with Gasteiger partial charge in [0.25, 0.3) is 5.91 Å². The van der Waals surface area contributed by atoms with Gasteiger partial charge in [-0.15, -0.1) is 0 Å². The molecule has 4 rings (SSSR count). The van der Waals surface area contributed by atoms with Gasteiger partial charge in [-0.25, -0.2) is 0 Å². The number of hydrogen-bond acceptors (Lipinski definition) is 5. The monoisotopic (exact) mass is 637 g/mol. The molecule has 1 aliphatic heterocycles. The van der Waals surface area contributed by atoms with Crippen LogP contribution < -0.4 is 14.4 Å². The predicted molar refractivity (Wildman–Crippen MR) is 151 cm³/mol. The number of nitrogens with zero attached hydrogens (tertiary/aromatic N) is 1. The number of thiocarbonyl (C=S) groups is 1. The fraction of sp³-hybridized carbons (Fsp3) is 0.120. The van der Waals surface area contributed by atoms with E-state index in [0.717, 1.165) is 20.1 Å². The highest BCUT2D eigenvalue weighted by molar-refractivity contribution is 9.10. The first-order valence-electron chi connectivity index (χ1n) is 10.2. The number of rotatable bonds is 7. The molecule has 0 bridgehead atoms. The summed E-state index contributed by atoms with van der Waals surface area (Å²) in [5.41, 5.74) is 2.47. The molecule has 1 amide bonds. The fourth-order valence-electron chi connectivity index (χ4n) is 3.27. The number of halogens is 3. The Morgan fingerprint density at radius 1 is 1.06 bits per heavy atom. The molecule has 0 radical (unpaired) electrons. The van der Waals surface area contributed by atoms with Gasteiger partial charge in [0, 0.05) is 4.47 Å². The zero-order chi connectivity index (χ0) is 24.2. The van der Waals surface area contributed by atoms with E-state index in [-0.39, 0.29) is 5.91 Å². The SMILES string of the molecule is CCOc1cc(/C=C2/SC(=S)N(c3ccc(Br)c(Cl)c3)C2=O)cc(Br)c1OCc1ccccc1. The standard InChI is InChI=1S/C25H18Br2ClNO3S2/c1-2-31-21-11-16(10-19(27)23(21)32-14-15-6-4-3-5-7-15)12-22-24(30)29(25(33)34-22)17-8-9-18(26)20(28)13-17/h3-13H,2,14H2,1H3/b22-12+. The van der Waals surface area contributed by atoms with Gasteiger partial charge in [0.15, 0.2) is 15.8 Å². The van der Waals surface area contributed by atoms with Crippen LogP contribution in [0.4, 0.5) is 5.69 Å². The van der Waals surface area contributed by atoms with Crippen molar-refractivity contribution in [1.29, 1.82) is 0 Å². The number of carbonyl (C=O) groups is 1. The maximum absolute atomic E-state index is 13.2. The molecule has 1 fully saturated rings. The summed E-state index contributed by atoms with van der Waals surface area (Å²) >= 11 is 19.9. The molecule has 0 unspecified atom stereocenters. The summed E-state index contributed by atoms with van der Waals surface area (Å²) in [6, 6.07) is 19.0. The van der Waals surface area contributed by atoms with Crippen LogP contribution in [0.5, 0.6) is 11.5 Å². The lowest BCUT2D eigenvalue weighted by Gasteiger charge is -2.15. The van der Waals surface area contributed by atoms with Gasteiger partial charge >= 0.3 is 0 Å². The van der Waals surface area contributed by atoms with Gasteiger partial charge in [-0.2, -0.15) is 0 Å². The third-order valence-electron chi connectivity index (χ3n) is 4.81. The summed E-state index contributed by atoms with van der Waals surface area (Å²) < 4.78 is 13.8. The molecule has 1 saturated heterocycles. The van der Waals surface area contributed by atoms with Crippen molar-refractivity contribution < 1.29 is 14.3 Å². The molecule has 0 N–H and O–H groups in total. The van der Waals surface area contributed by atoms with Crippen LogP contribution in [0.1, 0.15) is 18.1 Å². The molecule has 1 aliphatic rings. The molecule has 3 aromatic carbocycles. The molecule has 0 spiro atoms. The number of benzene rings is 3. The van der Waals surface area contributed by atoms with Gasteiger partial charge in [0.05, 0.1) is 26.7 Å². The number of ether oxygens (including phenoxy) is 2. The van der Waals surface area contributed by atoms with Gasteiger partial charge in [-0.05, 0) is 86.3 Å². The summed E-state index contributed by atoms with van der Waals surface area (Å²) in [4.78, 5) is 15.2. The lowest BCUT2D eigenvalue weighted by Crippen LogP contribution is -2.27. The van der Waals surface area contributed by atoms with Crippen LogP contribution in [0.25, 0.3) is 6.08 Å². The highest BCUT2D eigenvalue weighted by atomic mass is 79.9. The lowest BCUT2D eigenvalue weighted by molar-refractivity contribution is -0.113. The highest BCUT2D eigenvalue weighted by Crippen LogP contribution is 2.41. The third-order valence-corrected chi connectivity index (χ3v) is 7.93. The minimum Gasteiger partial charge on any atom is -0.490 e. The van der Waals surface area contributed by atoms with E-state index in [4.69, 9.17) is 33.3 Å². The maximum atomic E-state index is 13.2. The second-order valence-corrected chi connectivity index (χ2v) is 10.9. The number of amides is 1. The fourth-order valence-corrected chi connectivity index (χ4v) is 5.56. The van der Waals surface area contributed by atoms with Crippen LogP contribution in [0.15, 0.2) is 74.5 Å². The maximum Gasteiger partial charge on any atom is 0.270 e. The van der Waals surface area contributed by atoms with Crippen LogP contribution in [0.3, 0.4) is 0 Å². The number of thioether (sulfide) groups is 1. The van der Waals surface area contributed by atoms with Crippen molar-refractivity contribution in [3.63, 3.8) is 0 Å². The highest BCUT2D eigenvalue weighted by Gasteiger charge is 2.33. The van der Waals surface area contributed by atoms with Crippen LogP contribution in [-0.4, -0.2) is 16.8 Å². The largest absolute Gasteiger partial charge is 0.490 e. The smallest absolute Gasteiger partial charge is 0.270 e. The van der Waals surface area contributed by atoms with Crippen LogP contribution in [0.2, 0.25) is 5.02 Å². The molecule has 0 aromatic heterocycles. The quantitative estimate of drug-likeness (QED) is 0.192. The molecule has 3 aromatic rings. The Morgan fingerprint density at radius 3 is 2.53 bits per heavy atom. The van der Waals surface area contributed by atoms with Crippen molar-refractivity contribution in [2.24, 2.45) is 0 Å². The number of anilines is 1. The Morgan fingerprint density at radius 2 is 1.82 bits per heavy atom. The van der Waals surface area contributed by atoms with Crippen LogP contribution >= 0.6 is 67.4 Å². The Labute approximate surface area is 229 Å². The summed E-state index contributed by atoms with van der Waals surface area (Å²) in [5, 5.41) is 0.506. The van der Waals surface area contributed by atoms with Crippen molar-refractivity contribution in [3.05, 3.63) is 90.7 Å². The molecule has 34 heavy (non-hydrogen) atoms. The van der Waals surface area contributed by atoms with E-state index in [1.165, 1.54) is 16.7 Å². The van der Waals surface area contributed by atoms with Crippen LogP contribution in [0, 0.1) is 0 Å². The normalized spacial score (nSPS) is 14.7. The van der Waals surface area contributed by atoms with Crippen molar-refractivity contribution in [2.75, 3.05) is 11.5 Å². The number of carbonyl (C=O) groups excluding carboxylic acids is 1. The van der Waals surface area contributed by atoms with Crippen LogP contribution in [-0.2, 0) is 11.4 Å². The molecular formula is C25H18Br2ClNO3S2. The molecule has 4 nitrogen and oxygen atoms in total. The van der Waals surface area contributed by atoms with Gasteiger partial charge in [0.2, 0.25) is 0 Å². The van der Waals surface area contributed by atoms with Crippen molar-refractivity contribution >= 4 is 89.4 Å². The first kappa shape index (κ1) is 25.3. The molecular weight excluding hydrogens is 622 g/mol. The van der Waals surface area contributed by atoms with Crippen molar-refractivity contribution in [3.8, 4) is 11.5 Å². The molecule has 0 atom stereocenters. The van der Waals surface area contributed by atoms with Gasteiger partial charge in [-0.1, -0.05) is 65.9 Å². The number of hydrogen-bond donors (Lipinski definition) is 0. The molecule has 9 heteroatoms. The summed E-state index contributed by atoms with van der Waals surface area (Å²) in [6.45, 7) is 2.80. The van der Waals surface area contributed by atoms with Gasteiger partial charge in [-0.3, -0.25) is 9.69 Å². The average molecular weight is 640 g/mol. The Kier molecular flexibility index (Phi) is 8.37. The van der Waals surface area contributed by atoms with E-state index in [1.807, 2.05) is 49.4 Å². The zero-order valence-electron chi connectivity index (χ0n) is 17.9. The zero-order valence-corrected chi connectivity index (χ0v) is 23.4. The Hall–Kier alpha value is -1.84. The second kappa shape index (κ2) is 11.3. The Bertz CT molecular complexity index is 1280. The predicted octanol–water partition coefficient (Wildman–Crippen LogP) is 8.25. The molecule has 0 aliphatic carbocycles. The third kappa shape index (κ3) is 5.69. The first-order valence-corrected chi connectivity index (χ1v) is 13.4. The molecule has 0 saturated carbocycles.